The van der Waals surface area contributed by atoms with Crippen molar-refractivity contribution in [2.45, 2.75) is 60.2 Å². The van der Waals surface area contributed by atoms with E-state index in [1.54, 1.807) is 6.20 Å². The summed E-state index contributed by atoms with van der Waals surface area (Å²) in [4.78, 5) is 8.76. The third kappa shape index (κ3) is 12.5. The van der Waals surface area contributed by atoms with Gasteiger partial charge in [0.2, 0.25) is 0 Å². The van der Waals surface area contributed by atoms with Crippen LogP contribution in [0, 0.1) is 13.8 Å². The van der Waals surface area contributed by atoms with Crippen molar-refractivity contribution in [2.75, 3.05) is 18.9 Å². The Balaban J connectivity index is 0.000000196. The Kier molecular flexibility index (Phi) is 16.5. The smallest absolute Gasteiger partial charge is 0.0966 e. The second-order valence-corrected chi connectivity index (χ2v) is 14.3. The summed E-state index contributed by atoms with van der Waals surface area (Å²) in [6.45, 7) is 13.6. The lowest BCUT2D eigenvalue weighted by molar-refractivity contribution is 0.0732. The lowest BCUT2D eigenvalue weighted by atomic mass is 9.98. The number of aromatic nitrogens is 2. The van der Waals surface area contributed by atoms with Crippen LogP contribution in [0.4, 0.5) is 5.69 Å². The SMILES string of the molecule is CCOC(C)c1ccc(Br)cn1.CCOC(C)c1ccc(Cc2ccc(-c3c(C)cccc3Cl)cc2)cn1.Cc1cccc(Cl)c1-c1ccc(N)cc1. The molecule has 2 N–H and O–H groups in total. The van der Waals surface area contributed by atoms with Gasteiger partial charge in [0.1, 0.15) is 0 Å². The maximum Gasteiger partial charge on any atom is 0.0966 e. The fraction of sp³-hybridized carbons (Fsp3) is 0.244. The van der Waals surface area contributed by atoms with Gasteiger partial charge in [0.15, 0.2) is 0 Å². The Bertz CT molecular complexity index is 1960. The predicted octanol–water partition coefficient (Wildman–Crippen LogP) is 13.2. The number of nitrogens with zero attached hydrogens (tertiary/aromatic N) is 2. The molecule has 6 aromatic rings. The van der Waals surface area contributed by atoms with Gasteiger partial charge in [0, 0.05) is 56.9 Å². The first-order valence-electron chi connectivity index (χ1n) is 17.8. The highest BCUT2D eigenvalue weighted by molar-refractivity contribution is 9.10. The van der Waals surface area contributed by atoms with Crippen molar-refractivity contribution < 1.29 is 9.47 Å². The van der Waals surface area contributed by atoms with E-state index in [1.807, 2.05) is 94.6 Å². The molecule has 0 spiro atoms. The van der Waals surface area contributed by atoms with Crippen LogP contribution in [0.1, 0.15) is 73.5 Å². The van der Waals surface area contributed by atoms with E-state index in [-0.39, 0.29) is 12.2 Å². The maximum absolute atomic E-state index is 6.38. The minimum absolute atomic E-state index is 0.0344. The summed E-state index contributed by atoms with van der Waals surface area (Å²) in [5.74, 6) is 0. The van der Waals surface area contributed by atoms with Gasteiger partial charge in [-0.1, -0.05) is 89.9 Å². The highest BCUT2D eigenvalue weighted by atomic mass is 79.9. The molecular weight excluding hydrogens is 765 g/mol. The molecule has 0 aliphatic heterocycles. The number of anilines is 1. The van der Waals surface area contributed by atoms with Gasteiger partial charge in [0.05, 0.1) is 23.6 Å². The fourth-order valence-corrected chi connectivity index (χ4v) is 6.65. The topological polar surface area (TPSA) is 70.3 Å². The van der Waals surface area contributed by atoms with E-state index in [2.05, 4.69) is 88.3 Å². The zero-order valence-electron chi connectivity index (χ0n) is 31.2. The monoisotopic (exact) mass is 811 g/mol. The van der Waals surface area contributed by atoms with Crippen LogP contribution in [0.2, 0.25) is 10.0 Å². The zero-order valence-corrected chi connectivity index (χ0v) is 34.3. The first-order valence-corrected chi connectivity index (χ1v) is 19.3. The first kappa shape index (κ1) is 41.7. The number of hydrogen-bond donors (Lipinski definition) is 1. The molecule has 0 bridgehead atoms. The number of nitrogen functional groups attached to an aromatic ring is 1. The lowest BCUT2D eigenvalue weighted by Crippen LogP contribution is -2.02. The Labute approximate surface area is 333 Å². The standard InChI is InChI=1S/C23H24ClNO.C13H12ClN.C9H12BrNO/c1-4-26-17(3)22-13-10-19(15-25-22)14-18-8-11-20(12-9-18)23-16(2)6-5-7-21(23)24;1-9-3-2-4-12(14)13(9)10-5-7-11(15)8-6-10;1-3-12-7(2)9-5-4-8(10)6-11-9/h5-13,15,17H,4,14H2,1-3H3;2-8H,15H2,1H3;4-7H,3H2,1-2H3. The van der Waals surface area contributed by atoms with Gasteiger partial charge in [-0.2, -0.15) is 0 Å². The van der Waals surface area contributed by atoms with Gasteiger partial charge in [-0.05, 0) is 140 Å². The molecule has 6 rings (SSSR count). The molecule has 53 heavy (non-hydrogen) atoms. The maximum atomic E-state index is 6.38. The molecule has 0 aliphatic rings. The van der Waals surface area contributed by atoms with Crippen LogP contribution < -0.4 is 5.73 Å². The van der Waals surface area contributed by atoms with Crippen molar-refractivity contribution in [3.05, 3.63) is 170 Å². The third-order valence-corrected chi connectivity index (χ3v) is 9.66. The van der Waals surface area contributed by atoms with Crippen molar-refractivity contribution in [1.82, 2.24) is 9.97 Å². The molecule has 8 heteroatoms. The summed E-state index contributed by atoms with van der Waals surface area (Å²) in [6, 6.07) is 36.4. The summed E-state index contributed by atoms with van der Waals surface area (Å²) >= 11 is 15.9. The summed E-state index contributed by atoms with van der Waals surface area (Å²) < 4.78 is 12.0. The molecular formula is C45H48BrCl2N3O2. The Hall–Kier alpha value is -4.04. The zero-order chi connectivity index (χ0) is 38.3. The van der Waals surface area contributed by atoms with Gasteiger partial charge in [-0.15, -0.1) is 0 Å². The number of hydrogen-bond acceptors (Lipinski definition) is 5. The van der Waals surface area contributed by atoms with Crippen LogP contribution in [-0.4, -0.2) is 23.2 Å². The molecule has 0 saturated carbocycles. The molecule has 0 aliphatic carbocycles. The average molecular weight is 814 g/mol. The van der Waals surface area contributed by atoms with Crippen LogP contribution in [-0.2, 0) is 15.9 Å². The Morgan fingerprint density at radius 3 is 1.47 bits per heavy atom. The van der Waals surface area contributed by atoms with Crippen molar-refractivity contribution >= 4 is 44.8 Å². The Morgan fingerprint density at radius 2 is 1.06 bits per heavy atom. The molecule has 2 atom stereocenters. The molecule has 276 valence electrons. The molecule has 0 amide bonds. The van der Waals surface area contributed by atoms with E-state index in [4.69, 9.17) is 38.4 Å². The number of ether oxygens (including phenoxy) is 2. The minimum atomic E-state index is 0.0344. The van der Waals surface area contributed by atoms with Crippen LogP contribution in [0.3, 0.4) is 0 Å². The van der Waals surface area contributed by atoms with Gasteiger partial charge < -0.3 is 15.2 Å². The molecule has 0 radical (unpaired) electrons. The summed E-state index contributed by atoms with van der Waals surface area (Å²) in [7, 11) is 0. The summed E-state index contributed by atoms with van der Waals surface area (Å²) in [6.07, 6.45) is 4.70. The van der Waals surface area contributed by atoms with E-state index >= 15 is 0 Å². The number of aryl methyl sites for hydroxylation is 2. The molecule has 5 nitrogen and oxygen atoms in total. The summed E-state index contributed by atoms with van der Waals surface area (Å²) in [5, 5.41) is 1.57. The number of benzene rings is 4. The first-order chi connectivity index (χ1) is 25.5. The molecule has 0 fully saturated rings. The second kappa shape index (κ2) is 21.0. The quantitative estimate of drug-likeness (QED) is 0.140. The Morgan fingerprint density at radius 1 is 0.604 bits per heavy atom. The highest BCUT2D eigenvalue weighted by Gasteiger charge is 2.09. The van der Waals surface area contributed by atoms with Gasteiger partial charge in [0.25, 0.3) is 0 Å². The molecule has 2 aromatic heterocycles. The minimum Gasteiger partial charge on any atom is -0.399 e. The number of nitrogens with two attached hydrogens (primary N) is 1. The van der Waals surface area contributed by atoms with Crippen LogP contribution in [0.15, 0.2) is 126 Å². The van der Waals surface area contributed by atoms with E-state index in [0.717, 1.165) is 66.9 Å². The fourth-order valence-electron chi connectivity index (χ4n) is 5.75. The summed E-state index contributed by atoms with van der Waals surface area (Å²) in [5.41, 5.74) is 17.6. The molecule has 0 saturated heterocycles. The molecule has 2 unspecified atom stereocenters. The van der Waals surface area contributed by atoms with Gasteiger partial charge in [-0.25, -0.2) is 0 Å². The predicted molar refractivity (Wildman–Crippen MR) is 227 cm³/mol. The van der Waals surface area contributed by atoms with Crippen LogP contribution in [0.25, 0.3) is 22.3 Å². The van der Waals surface area contributed by atoms with Gasteiger partial charge >= 0.3 is 0 Å². The van der Waals surface area contributed by atoms with Gasteiger partial charge in [-0.3, -0.25) is 9.97 Å². The normalized spacial score (nSPS) is 11.8. The van der Waals surface area contributed by atoms with Crippen molar-refractivity contribution in [3.8, 4) is 22.3 Å². The average Bonchev–Trinajstić information content (AvgIpc) is 3.14. The van der Waals surface area contributed by atoms with Crippen molar-refractivity contribution in [3.63, 3.8) is 0 Å². The van der Waals surface area contributed by atoms with Crippen LogP contribution in [0.5, 0.6) is 0 Å². The number of halogens is 3. The van der Waals surface area contributed by atoms with Crippen LogP contribution >= 0.6 is 39.1 Å². The van der Waals surface area contributed by atoms with E-state index < -0.39 is 0 Å². The van der Waals surface area contributed by atoms with Crippen molar-refractivity contribution in [2.24, 2.45) is 0 Å². The molecule has 2 heterocycles. The largest absolute Gasteiger partial charge is 0.399 e. The van der Waals surface area contributed by atoms with E-state index in [9.17, 15) is 0 Å². The third-order valence-electron chi connectivity index (χ3n) is 8.56. The highest BCUT2D eigenvalue weighted by Crippen LogP contribution is 2.32. The second-order valence-electron chi connectivity index (χ2n) is 12.5. The lowest BCUT2D eigenvalue weighted by Gasteiger charge is -2.12. The van der Waals surface area contributed by atoms with E-state index in [0.29, 0.717) is 6.61 Å². The van der Waals surface area contributed by atoms with Crippen molar-refractivity contribution in [1.29, 1.82) is 0 Å². The van der Waals surface area contributed by atoms with E-state index in [1.165, 1.54) is 22.3 Å². The number of rotatable bonds is 10. The number of pyridine rings is 2. The molecule has 4 aromatic carbocycles.